The molecule has 1 atom stereocenters. The average Bonchev–Trinajstić information content (AvgIpc) is 2.96. The number of nitrogens with zero attached hydrogens (tertiary/aromatic N) is 2. The fraction of sp³-hybridized carbons (Fsp3) is 0.273. The largest absolute Gasteiger partial charge is 0.477 e. The maximum Gasteiger partial charge on any atom is 0.345 e. The van der Waals surface area contributed by atoms with Gasteiger partial charge in [-0.05, 0) is 26.0 Å². The van der Waals surface area contributed by atoms with Crippen LogP contribution in [0.5, 0.6) is 0 Å². The number of aromatic carboxylic acids is 1. The number of hydrogen-bond donors (Lipinski definition) is 2. The van der Waals surface area contributed by atoms with Crippen LogP contribution in [-0.4, -0.2) is 27.1 Å². The monoisotopic (exact) mass is 281 g/mol. The van der Waals surface area contributed by atoms with Crippen molar-refractivity contribution >= 4 is 23.2 Å². The van der Waals surface area contributed by atoms with E-state index in [0.717, 1.165) is 11.3 Å². The van der Waals surface area contributed by atoms with E-state index < -0.39 is 12.0 Å². The summed E-state index contributed by atoms with van der Waals surface area (Å²) in [5, 5.41) is 15.1. The maximum atomic E-state index is 11.9. The Morgan fingerprint density at radius 2 is 2.11 bits per heavy atom. The molecule has 0 aliphatic rings. The molecule has 1 amide bonds. The lowest BCUT2D eigenvalue weighted by atomic mass is 10.3. The van der Waals surface area contributed by atoms with Gasteiger partial charge in [0.25, 0.3) is 5.91 Å². The number of carboxylic acids is 1. The summed E-state index contributed by atoms with van der Waals surface area (Å²) in [4.78, 5) is 27.1. The number of carboxylic acid groups (broad SMARTS) is 1. The summed E-state index contributed by atoms with van der Waals surface area (Å²) < 4.78 is 4.94. The van der Waals surface area contributed by atoms with Crippen molar-refractivity contribution in [1.82, 2.24) is 15.5 Å². The second-order valence-corrected chi connectivity index (χ2v) is 4.93. The molecule has 0 saturated carbocycles. The van der Waals surface area contributed by atoms with Crippen LogP contribution in [0.15, 0.2) is 16.7 Å². The zero-order chi connectivity index (χ0) is 14.0. The van der Waals surface area contributed by atoms with Crippen LogP contribution >= 0.6 is 11.3 Å². The molecular formula is C11H11N3O4S. The quantitative estimate of drug-likeness (QED) is 0.882. The molecule has 2 aromatic rings. The molecule has 19 heavy (non-hydrogen) atoms. The van der Waals surface area contributed by atoms with Crippen molar-refractivity contribution in [3.63, 3.8) is 0 Å². The molecule has 0 aliphatic heterocycles. The van der Waals surface area contributed by atoms with Crippen LogP contribution in [0.1, 0.15) is 44.0 Å². The molecule has 7 nitrogen and oxygen atoms in total. The van der Waals surface area contributed by atoms with E-state index in [1.165, 1.54) is 12.1 Å². The van der Waals surface area contributed by atoms with Crippen LogP contribution in [0, 0.1) is 6.92 Å². The minimum atomic E-state index is -1.05. The molecule has 0 fully saturated rings. The topological polar surface area (TPSA) is 105 Å². The highest BCUT2D eigenvalue weighted by Crippen LogP contribution is 2.18. The van der Waals surface area contributed by atoms with Crippen LogP contribution in [-0.2, 0) is 0 Å². The van der Waals surface area contributed by atoms with E-state index in [9.17, 15) is 9.59 Å². The number of carbonyl (C=O) groups excluding carboxylic acids is 1. The fourth-order valence-electron chi connectivity index (χ4n) is 1.39. The van der Waals surface area contributed by atoms with E-state index in [0.29, 0.717) is 16.6 Å². The van der Waals surface area contributed by atoms with Gasteiger partial charge in [0.1, 0.15) is 10.9 Å². The number of aromatic nitrogens is 2. The Labute approximate surface area is 112 Å². The van der Waals surface area contributed by atoms with Crippen LogP contribution < -0.4 is 5.32 Å². The van der Waals surface area contributed by atoms with Crippen molar-refractivity contribution in [3.05, 3.63) is 33.6 Å². The number of rotatable bonds is 4. The lowest BCUT2D eigenvalue weighted by molar-refractivity contribution is 0.0702. The molecule has 2 N–H and O–H groups in total. The summed E-state index contributed by atoms with van der Waals surface area (Å²) in [6.45, 7) is 3.39. The number of carbonyl (C=O) groups is 2. The Morgan fingerprint density at radius 3 is 2.63 bits per heavy atom. The molecule has 0 aromatic carbocycles. The van der Waals surface area contributed by atoms with Crippen molar-refractivity contribution in [1.29, 1.82) is 0 Å². The van der Waals surface area contributed by atoms with Gasteiger partial charge < -0.3 is 14.9 Å². The molecular weight excluding hydrogens is 270 g/mol. The van der Waals surface area contributed by atoms with Crippen molar-refractivity contribution in [2.24, 2.45) is 0 Å². The molecule has 2 rings (SSSR count). The molecule has 0 aliphatic carbocycles. The van der Waals surface area contributed by atoms with Crippen molar-refractivity contribution in [3.8, 4) is 0 Å². The van der Waals surface area contributed by atoms with Gasteiger partial charge in [-0.1, -0.05) is 5.16 Å². The number of thiophene rings is 1. The summed E-state index contributed by atoms with van der Waals surface area (Å²) in [6.07, 6.45) is 0. The first-order valence-corrected chi connectivity index (χ1v) is 6.23. The molecule has 0 saturated heterocycles. The number of aryl methyl sites for hydroxylation is 1. The maximum absolute atomic E-state index is 11.9. The standard InChI is InChI=1S/C11H11N3O4S/c1-5(10-13-6(2)14-18-10)12-9(15)7-3-4-8(19-7)11(16)17/h3-5H,1-2H3,(H,12,15)(H,16,17). The zero-order valence-electron chi connectivity index (χ0n) is 10.2. The predicted octanol–water partition coefficient (Wildman–Crippen LogP) is 1.63. The SMILES string of the molecule is Cc1noc(C(C)NC(=O)c2ccc(C(=O)O)s2)n1. The Morgan fingerprint density at radius 1 is 1.42 bits per heavy atom. The number of amides is 1. The van der Waals surface area contributed by atoms with Crippen LogP contribution in [0.25, 0.3) is 0 Å². The molecule has 2 aromatic heterocycles. The van der Waals surface area contributed by atoms with E-state index in [1.54, 1.807) is 13.8 Å². The number of hydrogen-bond acceptors (Lipinski definition) is 6. The van der Waals surface area contributed by atoms with Crippen LogP contribution in [0.3, 0.4) is 0 Å². The van der Waals surface area contributed by atoms with Crippen molar-refractivity contribution in [2.75, 3.05) is 0 Å². The molecule has 0 bridgehead atoms. The van der Waals surface area contributed by atoms with Gasteiger partial charge in [-0.15, -0.1) is 11.3 Å². The summed E-state index contributed by atoms with van der Waals surface area (Å²) in [5.74, 6) is -0.633. The summed E-state index contributed by atoms with van der Waals surface area (Å²) in [6, 6.07) is 2.42. The van der Waals surface area contributed by atoms with Gasteiger partial charge in [-0.3, -0.25) is 4.79 Å². The molecule has 0 spiro atoms. The Balaban J connectivity index is 2.06. The van der Waals surface area contributed by atoms with E-state index in [-0.39, 0.29) is 10.8 Å². The minimum Gasteiger partial charge on any atom is -0.477 e. The highest BCUT2D eigenvalue weighted by Gasteiger charge is 2.18. The van der Waals surface area contributed by atoms with E-state index >= 15 is 0 Å². The highest BCUT2D eigenvalue weighted by atomic mass is 32.1. The summed E-state index contributed by atoms with van der Waals surface area (Å²) >= 11 is 0.913. The summed E-state index contributed by atoms with van der Waals surface area (Å²) in [7, 11) is 0. The van der Waals surface area contributed by atoms with Gasteiger partial charge in [-0.25, -0.2) is 4.79 Å². The molecule has 100 valence electrons. The Bertz CT molecular complexity index is 619. The van der Waals surface area contributed by atoms with Crippen LogP contribution in [0.4, 0.5) is 0 Å². The van der Waals surface area contributed by atoms with Gasteiger partial charge in [0.15, 0.2) is 5.82 Å². The third kappa shape index (κ3) is 2.97. The van der Waals surface area contributed by atoms with E-state index in [4.69, 9.17) is 9.63 Å². The molecule has 8 heteroatoms. The third-order valence-corrected chi connectivity index (χ3v) is 3.37. The molecule has 0 radical (unpaired) electrons. The minimum absolute atomic E-state index is 0.117. The van der Waals surface area contributed by atoms with Crippen LogP contribution in [0.2, 0.25) is 0 Å². The average molecular weight is 281 g/mol. The lowest BCUT2D eigenvalue weighted by Crippen LogP contribution is -2.26. The highest BCUT2D eigenvalue weighted by molar-refractivity contribution is 7.15. The van der Waals surface area contributed by atoms with E-state index in [2.05, 4.69) is 15.5 Å². The van der Waals surface area contributed by atoms with Gasteiger partial charge in [0.2, 0.25) is 5.89 Å². The fourth-order valence-corrected chi connectivity index (χ4v) is 2.14. The first-order chi connectivity index (χ1) is 8.97. The number of nitrogens with one attached hydrogen (secondary N) is 1. The van der Waals surface area contributed by atoms with E-state index in [1.807, 2.05) is 0 Å². The van der Waals surface area contributed by atoms with Crippen molar-refractivity contribution < 1.29 is 19.2 Å². The smallest absolute Gasteiger partial charge is 0.345 e. The molecule has 1 unspecified atom stereocenters. The second-order valence-electron chi connectivity index (χ2n) is 3.84. The third-order valence-electron chi connectivity index (χ3n) is 2.30. The normalized spacial score (nSPS) is 12.1. The Hall–Kier alpha value is -2.22. The second kappa shape index (κ2) is 5.19. The summed E-state index contributed by atoms with van der Waals surface area (Å²) in [5.41, 5.74) is 0. The predicted molar refractivity (Wildman–Crippen MR) is 66.2 cm³/mol. The molecule has 2 heterocycles. The zero-order valence-corrected chi connectivity index (χ0v) is 11.0. The van der Waals surface area contributed by atoms with Crippen molar-refractivity contribution in [2.45, 2.75) is 19.9 Å². The first-order valence-electron chi connectivity index (χ1n) is 5.41. The Kier molecular flexibility index (Phi) is 3.61. The van der Waals surface area contributed by atoms with Gasteiger partial charge in [0.05, 0.1) is 4.88 Å². The lowest BCUT2D eigenvalue weighted by Gasteiger charge is -2.07. The van der Waals surface area contributed by atoms with Gasteiger partial charge in [-0.2, -0.15) is 4.98 Å². The van der Waals surface area contributed by atoms with Gasteiger partial charge in [0, 0.05) is 0 Å². The van der Waals surface area contributed by atoms with Gasteiger partial charge >= 0.3 is 5.97 Å². The first kappa shape index (κ1) is 13.2.